The maximum Gasteiger partial charge on any atom is 0.0486 e. The number of anilines is 1. The molecule has 0 bridgehead atoms. The molecule has 4 heteroatoms. The van der Waals surface area contributed by atoms with Crippen LogP contribution in [0, 0.1) is 0 Å². The fourth-order valence-corrected chi connectivity index (χ4v) is 0.806. The molecule has 0 saturated carbocycles. The molecule has 0 aliphatic rings. The molecule has 0 aromatic heterocycles. The van der Waals surface area contributed by atoms with E-state index in [2.05, 4.69) is 5.43 Å². The Balaban J connectivity index is 2.91. The highest BCUT2D eigenvalue weighted by atomic mass is 35.5. The van der Waals surface area contributed by atoms with E-state index in [0.717, 1.165) is 0 Å². The molecule has 1 rings (SSSR count). The van der Waals surface area contributed by atoms with Crippen molar-refractivity contribution < 1.29 is 5.22 Å². The first-order valence-corrected chi connectivity index (χ1v) is 3.12. The van der Waals surface area contributed by atoms with Gasteiger partial charge in [0.15, 0.2) is 0 Å². The Labute approximate surface area is 63.5 Å². The van der Waals surface area contributed by atoms with Crippen LogP contribution in [0.3, 0.4) is 0 Å². The van der Waals surface area contributed by atoms with Gasteiger partial charge in [-0.15, -0.1) is 0 Å². The van der Waals surface area contributed by atoms with E-state index in [0.29, 0.717) is 10.7 Å². The number of para-hydroxylation sites is 1. The van der Waals surface area contributed by atoms with E-state index < -0.39 is 0 Å². The summed E-state index contributed by atoms with van der Waals surface area (Å²) >= 11 is 5.69. The van der Waals surface area contributed by atoms with Crippen LogP contribution in [-0.2, 0) is 0 Å². The first-order valence-electron chi connectivity index (χ1n) is 2.74. The van der Waals surface area contributed by atoms with Crippen LogP contribution >= 0.6 is 11.6 Å². The monoisotopic (exact) mass is 155 g/mol. The molecule has 0 aliphatic heterocycles. The van der Waals surface area contributed by atoms with Crippen LogP contribution in [0.2, 0.25) is 5.02 Å². The molecule has 0 amide bonds. The Kier molecular flexibility index (Phi) is 2.23. The summed E-state index contributed by atoms with van der Waals surface area (Å²) in [5.74, 6) is 0. The molecule has 0 fully saturated rings. The van der Waals surface area contributed by atoms with Gasteiger partial charge in [0.25, 0.3) is 0 Å². The zero-order valence-corrected chi connectivity index (χ0v) is 5.89. The molecule has 52 valence electrons. The molecule has 2 N–H and O–H groups in total. The summed E-state index contributed by atoms with van der Waals surface area (Å²) < 4.78 is 0. The summed E-state index contributed by atoms with van der Waals surface area (Å²) in [6, 6.07) is 7.09. The molecule has 1 aromatic carbocycles. The van der Waals surface area contributed by atoms with Gasteiger partial charge in [-0.25, -0.2) is 0 Å². The summed E-state index contributed by atoms with van der Waals surface area (Å²) in [7, 11) is 0. The molecule has 0 aliphatic carbocycles. The number of hydrazine groups is 1. The Hall–Kier alpha value is -1.09. The normalized spacial score (nSPS) is 8.90. The van der Waals surface area contributed by atoms with Gasteiger partial charge in [-0.3, -0.25) is 5.43 Å². The average Bonchev–Trinajstić information content (AvgIpc) is 1.94. The molecule has 0 saturated heterocycles. The van der Waals surface area contributed by atoms with Crippen molar-refractivity contribution in [3.05, 3.63) is 34.8 Å². The summed E-state index contributed by atoms with van der Waals surface area (Å²) in [5.41, 5.74) is 11.3. The summed E-state index contributed by atoms with van der Waals surface area (Å²) in [5, 5.41) is 2.35. The van der Waals surface area contributed by atoms with E-state index >= 15 is 0 Å². The Morgan fingerprint density at radius 3 is 2.70 bits per heavy atom. The van der Waals surface area contributed by atoms with Crippen molar-refractivity contribution in [2.45, 2.75) is 0 Å². The van der Waals surface area contributed by atoms with Crippen LogP contribution < -0.4 is 10.6 Å². The lowest BCUT2D eigenvalue weighted by Crippen LogP contribution is -2.68. The first-order chi connectivity index (χ1) is 4.84. The van der Waals surface area contributed by atoms with Gasteiger partial charge < -0.3 is 0 Å². The summed E-state index contributed by atoms with van der Waals surface area (Å²) in [4.78, 5) is 0. The minimum Gasteiger partial charge on any atom is -0.264 e. The van der Waals surface area contributed by atoms with Gasteiger partial charge in [0.05, 0.1) is 0 Å². The number of benzene rings is 1. The standard InChI is InChI=1S/C6H6ClN3/c7-5-3-1-2-4-6(5)9-10-8/h1-4,10H,(H-,8,9). The fraction of sp³-hybridized carbons (Fsp3) is 0. The average molecular weight is 156 g/mol. The van der Waals surface area contributed by atoms with Crippen molar-refractivity contribution in [3.63, 3.8) is 0 Å². The van der Waals surface area contributed by atoms with Crippen molar-refractivity contribution in [1.29, 1.82) is 0 Å². The molecule has 0 atom stereocenters. The maximum atomic E-state index is 8.22. The van der Waals surface area contributed by atoms with E-state index in [9.17, 15) is 0 Å². The second-order valence-electron chi connectivity index (χ2n) is 1.72. The summed E-state index contributed by atoms with van der Waals surface area (Å²) in [6.45, 7) is 0. The Morgan fingerprint density at radius 2 is 2.10 bits per heavy atom. The smallest absolute Gasteiger partial charge is 0.0486 e. The van der Waals surface area contributed by atoms with E-state index in [4.69, 9.17) is 17.1 Å². The maximum absolute atomic E-state index is 8.22. The molecule has 0 radical (unpaired) electrons. The van der Waals surface area contributed by atoms with Gasteiger partial charge in [0, 0.05) is 10.7 Å². The lowest BCUT2D eigenvalue weighted by molar-refractivity contribution is -0.444. The fourth-order valence-electron chi connectivity index (χ4n) is 0.623. The second-order valence-corrected chi connectivity index (χ2v) is 2.12. The largest absolute Gasteiger partial charge is 0.264 e. The zero-order chi connectivity index (χ0) is 7.40. The van der Waals surface area contributed by atoms with E-state index in [-0.39, 0.29) is 0 Å². The van der Waals surface area contributed by atoms with Gasteiger partial charge in [-0.05, 0) is 6.07 Å². The third-order valence-corrected chi connectivity index (χ3v) is 1.39. The number of nitrogens with zero attached hydrogens (tertiary/aromatic N) is 1. The topological polar surface area (TPSA) is 48.3 Å². The Bertz CT molecular complexity index is 236. The molecule has 1 aromatic rings. The van der Waals surface area contributed by atoms with E-state index in [1.807, 2.05) is 12.1 Å². The van der Waals surface area contributed by atoms with Crippen LogP contribution in [0.4, 0.5) is 5.69 Å². The lowest BCUT2D eigenvalue weighted by atomic mass is 10.3. The zero-order valence-electron chi connectivity index (χ0n) is 5.13. The van der Waals surface area contributed by atoms with Crippen molar-refractivity contribution in [3.8, 4) is 0 Å². The van der Waals surface area contributed by atoms with Gasteiger partial charge in [-0.2, -0.15) is 10.8 Å². The predicted octanol–water partition coefficient (Wildman–Crippen LogP) is 0.769. The minimum atomic E-state index is 0.559. The third-order valence-electron chi connectivity index (χ3n) is 1.06. The van der Waals surface area contributed by atoms with Crippen LogP contribution in [0.25, 0.3) is 5.53 Å². The second kappa shape index (κ2) is 3.17. The molecular formula is C6H6ClN3. The molecule has 3 nitrogen and oxygen atoms in total. The number of rotatable bonds is 2. The van der Waals surface area contributed by atoms with Gasteiger partial charge >= 0.3 is 0 Å². The molecular weight excluding hydrogens is 150 g/mol. The quantitative estimate of drug-likeness (QED) is 0.481. The highest BCUT2D eigenvalue weighted by molar-refractivity contribution is 6.33. The first kappa shape index (κ1) is 7.02. The highest BCUT2D eigenvalue weighted by Crippen LogP contribution is 2.18. The SMILES string of the molecule is [N-]=[NH+]Nc1ccccc1Cl. The van der Waals surface area contributed by atoms with Crippen LogP contribution in [-0.4, -0.2) is 0 Å². The van der Waals surface area contributed by atoms with Crippen LogP contribution in [0.15, 0.2) is 24.3 Å². The highest BCUT2D eigenvalue weighted by Gasteiger charge is 1.91. The van der Waals surface area contributed by atoms with Crippen molar-refractivity contribution >= 4 is 17.3 Å². The van der Waals surface area contributed by atoms with Gasteiger partial charge in [0.1, 0.15) is 0 Å². The van der Waals surface area contributed by atoms with Crippen molar-refractivity contribution in [1.82, 2.24) is 0 Å². The summed E-state index contributed by atoms with van der Waals surface area (Å²) in [6.07, 6.45) is 0. The molecule has 0 heterocycles. The Morgan fingerprint density at radius 1 is 1.40 bits per heavy atom. The molecule has 0 unspecified atom stereocenters. The number of hydrogen-bond donors (Lipinski definition) is 2. The van der Waals surface area contributed by atoms with Crippen LogP contribution in [0.1, 0.15) is 0 Å². The lowest BCUT2D eigenvalue weighted by Gasteiger charge is -2.00. The van der Waals surface area contributed by atoms with Gasteiger partial charge in [0.2, 0.25) is 0 Å². The predicted molar refractivity (Wildman–Crippen MR) is 39.4 cm³/mol. The van der Waals surface area contributed by atoms with Crippen LogP contribution in [0.5, 0.6) is 0 Å². The molecule has 10 heavy (non-hydrogen) atoms. The number of nitrogens with one attached hydrogen (secondary N) is 2. The molecule has 0 spiro atoms. The third kappa shape index (κ3) is 1.45. The van der Waals surface area contributed by atoms with Gasteiger partial charge in [-0.1, -0.05) is 29.8 Å². The van der Waals surface area contributed by atoms with Crippen molar-refractivity contribution in [2.24, 2.45) is 0 Å². The van der Waals surface area contributed by atoms with Crippen molar-refractivity contribution in [2.75, 3.05) is 5.43 Å². The number of hydrogen-bond acceptors (Lipinski definition) is 0. The van der Waals surface area contributed by atoms with E-state index in [1.54, 1.807) is 17.4 Å². The minimum absolute atomic E-state index is 0.559. The number of halogens is 1. The van der Waals surface area contributed by atoms with E-state index in [1.165, 1.54) is 0 Å².